The monoisotopic (exact) mass is 313 g/mol. The maximum Gasteiger partial charge on any atom is 0.188 e. The van der Waals surface area contributed by atoms with Gasteiger partial charge in [-0.3, -0.25) is 0 Å². The van der Waals surface area contributed by atoms with E-state index in [0.29, 0.717) is 0 Å². The number of aromatic nitrogens is 2. The van der Waals surface area contributed by atoms with E-state index in [2.05, 4.69) is 25.9 Å². The van der Waals surface area contributed by atoms with Crippen molar-refractivity contribution in [2.45, 2.75) is 6.54 Å². The normalized spacial score (nSPS) is 13.5. The average Bonchev–Trinajstić information content (AvgIpc) is 2.72. The van der Waals surface area contributed by atoms with E-state index in [1.165, 1.54) is 4.09 Å². The van der Waals surface area contributed by atoms with E-state index in [-0.39, 0.29) is 12.3 Å². The SMILES string of the molecule is CN1Cc2cnn(SF)c2-c2cccc(Br)c21. The molecule has 2 heterocycles. The third kappa shape index (κ3) is 1.58. The van der Waals surface area contributed by atoms with Crippen LogP contribution in [0.4, 0.5) is 9.57 Å². The summed E-state index contributed by atoms with van der Waals surface area (Å²) in [6.07, 6.45) is 1.72. The van der Waals surface area contributed by atoms with Gasteiger partial charge in [-0.15, -0.1) is 3.89 Å². The van der Waals surface area contributed by atoms with Crippen molar-refractivity contribution in [1.82, 2.24) is 9.19 Å². The standard InChI is InChI=1S/C11H9BrFN3S/c1-15-6-7-5-14-16(17-13)10(7)8-3-2-4-9(12)11(8)15/h2-5H,6H2,1H3. The Morgan fingerprint density at radius 1 is 1.47 bits per heavy atom. The first-order valence-electron chi connectivity index (χ1n) is 5.08. The first kappa shape index (κ1) is 11.1. The molecule has 0 amide bonds. The smallest absolute Gasteiger partial charge is 0.188 e. The second-order valence-corrected chi connectivity index (χ2v) is 5.29. The fourth-order valence-electron chi connectivity index (χ4n) is 2.24. The van der Waals surface area contributed by atoms with Gasteiger partial charge in [-0.2, -0.15) is 9.19 Å². The Kier molecular flexibility index (Phi) is 2.63. The van der Waals surface area contributed by atoms with E-state index >= 15 is 0 Å². The summed E-state index contributed by atoms with van der Waals surface area (Å²) in [7, 11) is 2.02. The molecular weight excluding hydrogens is 305 g/mol. The molecule has 1 aliphatic heterocycles. The minimum Gasteiger partial charge on any atom is -0.369 e. The van der Waals surface area contributed by atoms with Crippen molar-refractivity contribution in [1.29, 1.82) is 0 Å². The van der Waals surface area contributed by atoms with Crippen molar-refractivity contribution in [3.8, 4) is 11.3 Å². The molecule has 1 aromatic carbocycles. The molecule has 0 saturated carbocycles. The largest absolute Gasteiger partial charge is 0.369 e. The molecule has 0 spiro atoms. The van der Waals surface area contributed by atoms with E-state index in [4.69, 9.17) is 0 Å². The van der Waals surface area contributed by atoms with Crippen LogP contribution in [0.25, 0.3) is 11.3 Å². The fraction of sp³-hybridized carbons (Fsp3) is 0.182. The van der Waals surface area contributed by atoms with Crippen LogP contribution in [-0.2, 0) is 6.54 Å². The summed E-state index contributed by atoms with van der Waals surface area (Å²) in [4.78, 5) is 2.14. The number of para-hydroxylation sites is 1. The Morgan fingerprint density at radius 2 is 2.29 bits per heavy atom. The van der Waals surface area contributed by atoms with Gasteiger partial charge in [0.1, 0.15) is 0 Å². The molecule has 0 saturated heterocycles. The van der Waals surface area contributed by atoms with Gasteiger partial charge in [0.25, 0.3) is 0 Å². The number of halogens is 2. The number of hydrogen-bond acceptors (Lipinski definition) is 3. The highest BCUT2D eigenvalue weighted by molar-refractivity contribution is 9.10. The van der Waals surface area contributed by atoms with E-state index in [9.17, 15) is 3.89 Å². The van der Waals surface area contributed by atoms with E-state index in [1.54, 1.807) is 6.20 Å². The summed E-state index contributed by atoms with van der Waals surface area (Å²) in [6.45, 7) is 0.742. The molecule has 0 bridgehead atoms. The van der Waals surface area contributed by atoms with E-state index in [1.807, 2.05) is 25.2 Å². The van der Waals surface area contributed by atoms with Crippen LogP contribution in [0.2, 0.25) is 0 Å². The quantitative estimate of drug-likeness (QED) is 0.802. The third-order valence-corrected chi connectivity index (χ3v) is 3.96. The zero-order valence-corrected chi connectivity index (χ0v) is 11.4. The number of hydrogen-bond donors (Lipinski definition) is 0. The topological polar surface area (TPSA) is 21.1 Å². The van der Waals surface area contributed by atoms with Crippen molar-refractivity contribution in [3.63, 3.8) is 0 Å². The summed E-state index contributed by atoms with van der Waals surface area (Å²) in [5, 5.41) is 4.04. The van der Waals surface area contributed by atoms with Crippen LogP contribution in [-0.4, -0.2) is 16.2 Å². The number of rotatable bonds is 1. The summed E-state index contributed by atoms with van der Waals surface area (Å²) < 4.78 is 15.2. The van der Waals surface area contributed by atoms with Crippen LogP contribution >= 0.6 is 28.3 Å². The molecule has 0 unspecified atom stereocenters. The number of anilines is 1. The highest BCUT2D eigenvalue weighted by Crippen LogP contribution is 2.43. The van der Waals surface area contributed by atoms with Crippen molar-refractivity contribution in [3.05, 3.63) is 34.4 Å². The molecule has 1 aliphatic rings. The lowest BCUT2D eigenvalue weighted by Gasteiger charge is -2.28. The van der Waals surface area contributed by atoms with Gasteiger partial charge in [0.15, 0.2) is 12.3 Å². The first-order chi connectivity index (χ1) is 8.22. The summed E-state index contributed by atoms with van der Waals surface area (Å²) in [5.41, 5.74) is 3.98. The Balaban J connectivity index is 2.31. The van der Waals surface area contributed by atoms with E-state index in [0.717, 1.165) is 33.5 Å². The molecule has 0 fully saturated rings. The molecule has 88 valence electrons. The molecule has 1 aromatic heterocycles. The Labute approximate surface area is 111 Å². The lowest BCUT2D eigenvalue weighted by atomic mass is 10.0. The second kappa shape index (κ2) is 4.03. The van der Waals surface area contributed by atoms with Gasteiger partial charge in [0, 0.05) is 29.2 Å². The van der Waals surface area contributed by atoms with Gasteiger partial charge in [-0.25, -0.2) is 0 Å². The number of nitrogens with zero attached hydrogens (tertiary/aromatic N) is 3. The lowest BCUT2D eigenvalue weighted by Crippen LogP contribution is -2.21. The molecule has 6 heteroatoms. The maximum atomic E-state index is 12.8. The lowest BCUT2D eigenvalue weighted by molar-refractivity contribution is 0.874. The second-order valence-electron chi connectivity index (χ2n) is 3.95. The molecule has 0 radical (unpaired) electrons. The van der Waals surface area contributed by atoms with Crippen LogP contribution in [0.3, 0.4) is 0 Å². The van der Waals surface area contributed by atoms with Crippen LogP contribution in [0, 0.1) is 0 Å². The molecule has 0 aliphatic carbocycles. The molecule has 2 aromatic rings. The molecule has 0 atom stereocenters. The predicted molar refractivity (Wildman–Crippen MR) is 71.6 cm³/mol. The molecule has 3 nitrogen and oxygen atoms in total. The zero-order chi connectivity index (χ0) is 12.0. The highest BCUT2D eigenvalue weighted by atomic mass is 79.9. The third-order valence-electron chi connectivity index (χ3n) is 2.91. The number of fused-ring (bicyclic) bond motifs is 3. The van der Waals surface area contributed by atoms with Crippen molar-refractivity contribution in [2.75, 3.05) is 11.9 Å². The fourth-order valence-corrected chi connectivity index (χ4v) is 3.27. The van der Waals surface area contributed by atoms with Gasteiger partial charge >= 0.3 is 0 Å². The minimum absolute atomic E-state index is 0.132. The van der Waals surface area contributed by atoms with Crippen molar-refractivity contribution in [2.24, 2.45) is 0 Å². The Bertz CT molecular complexity index is 584. The summed E-state index contributed by atoms with van der Waals surface area (Å²) >= 11 is 3.67. The van der Waals surface area contributed by atoms with Gasteiger partial charge in [-0.1, -0.05) is 12.1 Å². The van der Waals surface area contributed by atoms with Crippen LogP contribution in [0.1, 0.15) is 5.56 Å². The first-order valence-corrected chi connectivity index (χ1v) is 6.55. The van der Waals surface area contributed by atoms with Crippen molar-refractivity contribution >= 4 is 34.0 Å². The van der Waals surface area contributed by atoms with Gasteiger partial charge in [0.05, 0.1) is 17.6 Å². The Hall–Kier alpha value is -1.01. The highest BCUT2D eigenvalue weighted by Gasteiger charge is 2.25. The number of benzene rings is 1. The van der Waals surface area contributed by atoms with Gasteiger partial charge in [0.2, 0.25) is 0 Å². The van der Waals surface area contributed by atoms with Gasteiger partial charge in [-0.05, 0) is 22.0 Å². The molecule has 0 N–H and O–H groups in total. The zero-order valence-electron chi connectivity index (χ0n) is 9.02. The molecule has 3 rings (SSSR count). The minimum atomic E-state index is 0.132. The molecular formula is C11H9BrFN3S. The van der Waals surface area contributed by atoms with Gasteiger partial charge < -0.3 is 4.90 Å². The Morgan fingerprint density at radius 3 is 3.06 bits per heavy atom. The predicted octanol–water partition coefficient (Wildman–Crippen LogP) is 3.64. The van der Waals surface area contributed by atoms with E-state index < -0.39 is 0 Å². The maximum absolute atomic E-state index is 12.8. The summed E-state index contributed by atoms with van der Waals surface area (Å²) in [5.74, 6) is 0. The molecule has 17 heavy (non-hydrogen) atoms. The van der Waals surface area contributed by atoms with Crippen LogP contribution in [0.15, 0.2) is 28.9 Å². The average molecular weight is 314 g/mol. The van der Waals surface area contributed by atoms with Crippen molar-refractivity contribution < 1.29 is 3.89 Å². The van der Waals surface area contributed by atoms with Crippen LogP contribution in [0.5, 0.6) is 0 Å². The van der Waals surface area contributed by atoms with Crippen LogP contribution < -0.4 is 4.90 Å². The summed E-state index contributed by atoms with van der Waals surface area (Å²) in [6, 6.07) is 5.93.